The van der Waals surface area contributed by atoms with Crippen LogP contribution in [0.5, 0.6) is 5.75 Å². The average molecular weight is 455 g/mol. The van der Waals surface area contributed by atoms with Gasteiger partial charge in [0, 0.05) is 7.05 Å². The average Bonchev–Trinajstić information content (AvgIpc) is 2.82. The van der Waals surface area contributed by atoms with E-state index in [0.717, 1.165) is 15.1 Å². The maximum atomic E-state index is 13.1. The Bertz CT molecular complexity index is 1290. The minimum Gasteiger partial charge on any atom is -0.475 e. The van der Waals surface area contributed by atoms with Gasteiger partial charge in [-0.3, -0.25) is 4.79 Å². The quantitative estimate of drug-likeness (QED) is 0.550. The Balaban J connectivity index is 1.58. The molecule has 0 bridgehead atoms. The lowest BCUT2D eigenvalue weighted by Crippen LogP contribution is -2.50. The molecule has 1 aliphatic rings. The van der Waals surface area contributed by atoms with Crippen molar-refractivity contribution in [2.45, 2.75) is 11.0 Å². The van der Waals surface area contributed by atoms with Crippen molar-refractivity contribution >= 4 is 38.4 Å². The minimum atomic E-state index is -3.91. The van der Waals surface area contributed by atoms with Crippen molar-refractivity contribution in [3.8, 4) is 5.75 Å². The fourth-order valence-electron chi connectivity index (χ4n) is 3.59. The summed E-state index contributed by atoms with van der Waals surface area (Å²) in [5.74, 6) is -0.751. The molecule has 0 N–H and O–H groups in total. The summed E-state index contributed by atoms with van der Waals surface area (Å²) in [6, 6.07) is 19.1. The molecule has 0 aromatic heterocycles. The van der Waals surface area contributed by atoms with E-state index < -0.39 is 34.5 Å². The van der Waals surface area contributed by atoms with Gasteiger partial charge >= 0.3 is 5.97 Å². The molecule has 3 aromatic carbocycles. The standard InChI is InChI=1S/C23H22N2O6S/c1-24(32(28,29)18-12-11-16-7-3-4-8-17(16)13-18)15-22(26)25-14-21(23(27)30-2)31-20-10-6-5-9-19(20)25/h3-13,21H,14-15H2,1-2H3. The van der Waals surface area contributed by atoms with Crippen molar-refractivity contribution in [2.75, 3.05) is 32.1 Å². The number of hydrogen-bond donors (Lipinski definition) is 0. The van der Waals surface area contributed by atoms with Crippen LogP contribution in [0.3, 0.4) is 0 Å². The number of likely N-dealkylation sites (N-methyl/N-ethyl adjacent to an activating group) is 1. The zero-order valence-electron chi connectivity index (χ0n) is 17.6. The maximum Gasteiger partial charge on any atom is 0.348 e. The number of sulfonamides is 1. The van der Waals surface area contributed by atoms with Crippen LogP contribution in [0, 0.1) is 0 Å². The molecule has 1 unspecified atom stereocenters. The number of hydrogen-bond acceptors (Lipinski definition) is 6. The second kappa shape index (κ2) is 8.60. The molecule has 0 aliphatic carbocycles. The lowest BCUT2D eigenvalue weighted by molar-refractivity contribution is -0.148. The number of ether oxygens (including phenoxy) is 2. The fourth-order valence-corrected chi connectivity index (χ4v) is 4.75. The molecule has 4 rings (SSSR count). The summed E-state index contributed by atoms with van der Waals surface area (Å²) in [5.41, 5.74) is 0.467. The van der Waals surface area contributed by atoms with Gasteiger partial charge in [-0.15, -0.1) is 0 Å². The van der Waals surface area contributed by atoms with E-state index in [2.05, 4.69) is 0 Å². The third-order valence-electron chi connectivity index (χ3n) is 5.33. The Morgan fingerprint density at radius 1 is 1.06 bits per heavy atom. The van der Waals surface area contributed by atoms with E-state index in [4.69, 9.17) is 9.47 Å². The SMILES string of the molecule is COC(=O)C1CN(C(=O)CN(C)S(=O)(=O)c2ccc3ccccc3c2)c2ccccc2O1. The van der Waals surface area contributed by atoms with Crippen LogP contribution < -0.4 is 9.64 Å². The van der Waals surface area contributed by atoms with Gasteiger partial charge in [-0.1, -0.05) is 42.5 Å². The predicted molar refractivity (Wildman–Crippen MR) is 119 cm³/mol. The number of para-hydroxylation sites is 2. The predicted octanol–water partition coefficient (Wildman–Crippen LogP) is 2.43. The van der Waals surface area contributed by atoms with E-state index in [1.807, 2.05) is 24.3 Å². The number of nitrogens with zero attached hydrogens (tertiary/aromatic N) is 2. The number of rotatable bonds is 5. The first kappa shape index (κ1) is 21.8. The highest BCUT2D eigenvalue weighted by Crippen LogP contribution is 2.33. The Kier molecular flexibility index (Phi) is 5.86. The zero-order valence-corrected chi connectivity index (χ0v) is 18.4. The number of fused-ring (bicyclic) bond motifs is 2. The molecular weight excluding hydrogens is 432 g/mol. The Morgan fingerprint density at radius 3 is 2.50 bits per heavy atom. The lowest BCUT2D eigenvalue weighted by Gasteiger charge is -2.34. The van der Waals surface area contributed by atoms with Gasteiger partial charge < -0.3 is 14.4 Å². The van der Waals surface area contributed by atoms with Gasteiger partial charge in [0.1, 0.15) is 5.75 Å². The van der Waals surface area contributed by atoms with Crippen LogP contribution in [-0.2, 0) is 24.3 Å². The van der Waals surface area contributed by atoms with E-state index in [9.17, 15) is 18.0 Å². The summed E-state index contributed by atoms with van der Waals surface area (Å²) >= 11 is 0. The summed E-state index contributed by atoms with van der Waals surface area (Å²) in [5, 5.41) is 1.71. The molecule has 3 aromatic rings. The number of methoxy groups -OCH3 is 1. The van der Waals surface area contributed by atoms with Crippen LogP contribution in [0.2, 0.25) is 0 Å². The molecule has 0 saturated heterocycles. The molecule has 0 radical (unpaired) electrons. The second-order valence-electron chi connectivity index (χ2n) is 7.37. The van der Waals surface area contributed by atoms with Crippen LogP contribution in [-0.4, -0.2) is 58.0 Å². The van der Waals surface area contributed by atoms with Crippen molar-refractivity contribution in [3.63, 3.8) is 0 Å². The Labute approximate surface area is 186 Å². The fraction of sp³-hybridized carbons (Fsp3) is 0.217. The van der Waals surface area contributed by atoms with Crippen molar-refractivity contribution < 1.29 is 27.5 Å². The lowest BCUT2D eigenvalue weighted by atomic mass is 10.1. The number of carbonyl (C=O) groups is 2. The molecule has 1 atom stereocenters. The Hall–Kier alpha value is -3.43. The number of carbonyl (C=O) groups excluding carboxylic acids is 2. The van der Waals surface area contributed by atoms with Crippen LogP contribution in [0.4, 0.5) is 5.69 Å². The van der Waals surface area contributed by atoms with E-state index in [1.54, 1.807) is 36.4 Å². The molecule has 1 aliphatic heterocycles. The van der Waals surface area contributed by atoms with Crippen LogP contribution in [0.25, 0.3) is 10.8 Å². The monoisotopic (exact) mass is 454 g/mol. The highest BCUT2D eigenvalue weighted by molar-refractivity contribution is 7.89. The van der Waals surface area contributed by atoms with E-state index in [1.165, 1.54) is 25.1 Å². The molecule has 0 saturated carbocycles. The normalized spacial score (nSPS) is 15.8. The van der Waals surface area contributed by atoms with Crippen LogP contribution in [0.1, 0.15) is 0 Å². The number of benzene rings is 3. The highest BCUT2D eigenvalue weighted by atomic mass is 32.2. The molecule has 1 amide bonds. The molecular formula is C23H22N2O6S. The summed E-state index contributed by atoms with van der Waals surface area (Å²) in [4.78, 5) is 26.6. The summed E-state index contributed by atoms with van der Waals surface area (Å²) in [7, 11) is -1.32. The molecule has 8 nitrogen and oxygen atoms in total. The smallest absolute Gasteiger partial charge is 0.348 e. The van der Waals surface area contributed by atoms with Gasteiger partial charge in [0.05, 0.1) is 30.8 Å². The maximum absolute atomic E-state index is 13.1. The van der Waals surface area contributed by atoms with Crippen molar-refractivity contribution in [2.24, 2.45) is 0 Å². The van der Waals surface area contributed by atoms with E-state index in [0.29, 0.717) is 11.4 Å². The van der Waals surface area contributed by atoms with Crippen LogP contribution >= 0.6 is 0 Å². The summed E-state index contributed by atoms with van der Waals surface area (Å²) in [6.07, 6.45) is -0.999. The minimum absolute atomic E-state index is 0.0770. The molecule has 0 fully saturated rings. The van der Waals surface area contributed by atoms with Crippen molar-refractivity contribution in [3.05, 3.63) is 66.7 Å². The highest BCUT2D eigenvalue weighted by Gasteiger charge is 2.35. The molecule has 9 heteroatoms. The molecule has 166 valence electrons. The van der Waals surface area contributed by atoms with Gasteiger partial charge in [0.25, 0.3) is 0 Å². The molecule has 1 heterocycles. The van der Waals surface area contributed by atoms with Crippen LogP contribution in [0.15, 0.2) is 71.6 Å². The third-order valence-corrected chi connectivity index (χ3v) is 7.13. The first-order valence-electron chi connectivity index (χ1n) is 9.90. The molecule has 32 heavy (non-hydrogen) atoms. The van der Waals surface area contributed by atoms with Gasteiger partial charge in [0.15, 0.2) is 0 Å². The van der Waals surface area contributed by atoms with Gasteiger partial charge in [-0.25, -0.2) is 13.2 Å². The largest absolute Gasteiger partial charge is 0.475 e. The Morgan fingerprint density at radius 2 is 1.75 bits per heavy atom. The van der Waals surface area contributed by atoms with E-state index in [-0.39, 0.29) is 11.4 Å². The van der Waals surface area contributed by atoms with Gasteiger partial charge in [-0.2, -0.15) is 4.31 Å². The van der Waals surface area contributed by atoms with E-state index >= 15 is 0 Å². The first-order chi connectivity index (χ1) is 15.3. The summed E-state index contributed by atoms with van der Waals surface area (Å²) in [6.45, 7) is -0.482. The zero-order chi connectivity index (χ0) is 22.9. The second-order valence-corrected chi connectivity index (χ2v) is 9.42. The summed E-state index contributed by atoms with van der Waals surface area (Å²) < 4.78 is 37.6. The number of esters is 1. The topological polar surface area (TPSA) is 93.2 Å². The van der Waals surface area contributed by atoms with Gasteiger partial charge in [-0.05, 0) is 35.0 Å². The number of amides is 1. The van der Waals surface area contributed by atoms with Crippen molar-refractivity contribution in [1.29, 1.82) is 0 Å². The molecule has 0 spiro atoms. The first-order valence-corrected chi connectivity index (χ1v) is 11.3. The van der Waals surface area contributed by atoms with Gasteiger partial charge in [0.2, 0.25) is 22.0 Å². The van der Waals surface area contributed by atoms with Crippen molar-refractivity contribution in [1.82, 2.24) is 4.31 Å². The third kappa shape index (κ3) is 4.04. The number of anilines is 1.